The summed E-state index contributed by atoms with van der Waals surface area (Å²) in [5.74, 6) is 0.411. The van der Waals surface area contributed by atoms with E-state index in [4.69, 9.17) is 0 Å². The van der Waals surface area contributed by atoms with Crippen molar-refractivity contribution in [1.29, 1.82) is 0 Å². The molecule has 2 saturated heterocycles. The number of nitrogens with one attached hydrogen (secondary N) is 2. The lowest BCUT2D eigenvalue weighted by atomic mass is 9.96. The fraction of sp³-hybridized carbons (Fsp3) is 0.562. The topological polar surface area (TPSA) is 78.5 Å². The molecule has 2 heterocycles. The third kappa shape index (κ3) is 4.08. The summed E-state index contributed by atoms with van der Waals surface area (Å²) in [5, 5.41) is 3.22. The van der Waals surface area contributed by atoms with Gasteiger partial charge in [-0.05, 0) is 49.6 Å². The predicted octanol–water partition coefficient (Wildman–Crippen LogP) is 1.51. The average molecular weight is 374 g/mol. The number of piperidine rings is 1. The molecule has 24 heavy (non-hydrogen) atoms. The van der Waals surface area contributed by atoms with Gasteiger partial charge in [0, 0.05) is 31.2 Å². The summed E-state index contributed by atoms with van der Waals surface area (Å²) in [7, 11) is -3.54. The highest BCUT2D eigenvalue weighted by molar-refractivity contribution is 7.89. The molecule has 2 fully saturated rings. The zero-order valence-electron chi connectivity index (χ0n) is 13.7. The van der Waals surface area contributed by atoms with E-state index in [-0.39, 0.29) is 29.3 Å². The summed E-state index contributed by atoms with van der Waals surface area (Å²) < 4.78 is 27.8. The number of nitrogens with zero attached hydrogens (tertiary/aromatic N) is 1. The van der Waals surface area contributed by atoms with E-state index >= 15 is 0 Å². The third-order valence-electron chi connectivity index (χ3n) is 4.67. The molecular formula is C16H24ClN3O3S. The maximum atomic E-state index is 12.5. The highest BCUT2D eigenvalue weighted by atomic mass is 35.5. The first-order valence-corrected chi connectivity index (χ1v) is 9.59. The van der Waals surface area contributed by atoms with Crippen LogP contribution in [0, 0.1) is 5.92 Å². The minimum atomic E-state index is -3.54. The van der Waals surface area contributed by atoms with Gasteiger partial charge in [-0.25, -0.2) is 13.1 Å². The number of halogens is 1. The number of hydrogen-bond acceptors (Lipinski definition) is 4. The molecule has 0 radical (unpaired) electrons. The van der Waals surface area contributed by atoms with Crippen molar-refractivity contribution >= 4 is 34.0 Å². The minimum absolute atomic E-state index is 0. The Hall–Kier alpha value is -1.15. The average Bonchev–Trinajstić information content (AvgIpc) is 2.96. The second-order valence-electron chi connectivity index (χ2n) is 6.34. The molecule has 6 nitrogen and oxygen atoms in total. The number of carbonyl (C=O) groups excluding carboxylic acids is 1. The van der Waals surface area contributed by atoms with E-state index < -0.39 is 10.0 Å². The zero-order chi connectivity index (χ0) is 16.4. The van der Waals surface area contributed by atoms with Crippen LogP contribution in [0.1, 0.15) is 26.2 Å². The van der Waals surface area contributed by atoms with Gasteiger partial charge in [-0.2, -0.15) is 0 Å². The Balaban J connectivity index is 0.00000208. The maximum absolute atomic E-state index is 12.5. The van der Waals surface area contributed by atoms with Crippen LogP contribution in [0.25, 0.3) is 0 Å². The number of benzene rings is 1. The number of sulfonamides is 1. The molecule has 1 aromatic carbocycles. The number of anilines is 1. The molecule has 0 spiro atoms. The molecule has 2 aliphatic rings. The lowest BCUT2D eigenvalue weighted by Gasteiger charge is -2.30. The van der Waals surface area contributed by atoms with Crippen LogP contribution in [-0.2, 0) is 14.8 Å². The summed E-state index contributed by atoms with van der Waals surface area (Å²) in [6, 6.07) is 6.48. The van der Waals surface area contributed by atoms with Crippen molar-refractivity contribution in [2.24, 2.45) is 5.92 Å². The Morgan fingerprint density at radius 1 is 1.25 bits per heavy atom. The standard InChI is InChI=1S/C16H23N3O3S.ClH/c1-12-8-9-17-11-15(12)18-23(21,22)14-6-4-13(5-7-14)19-10-2-3-16(19)20;/h4-7,12,15,17-18H,2-3,8-11H2,1H3;1H. The Labute approximate surface area is 149 Å². The van der Waals surface area contributed by atoms with Crippen LogP contribution in [-0.4, -0.2) is 40.0 Å². The smallest absolute Gasteiger partial charge is 0.240 e. The molecule has 0 aliphatic carbocycles. The van der Waals surface area contributed by atoms with Crippen LogP contribution in [0.4, 0.5) is 5.69 Å². The van der Waals surface area contributed by atoms with E-state index in [1.165, 1.54) is 0 Å². The van der Waals surface area contributed by atoms with Gasteiger partial charge in [0.15, 0.2) is 0 Å². The Morgan fingerprint density at radius 3 is 2.54 bits per heavy atom. The minimum Gasteiger partial charge on any atom is -0.315 e. The zero-order valence-corrected chi connectivity index (χ0v) is 15.3. The third-order valence-corrected chi connectivity index (χ3v) is 6.17. The van der Waals surface area contributed by atoms with Gasteiger partial charge in [-0.1, -0.05) is 6.92 Å². The molecular weight excluding hydrogens is 350 g/mol. The molecule has 8 heteroatoms. The molecule has 2 atom stereocenters. The molecule has 134 valence electrons. The van der Waals surface area contributed by atoms with Crippen molar-refractivity contribution < 1.29 is 13.2 Å². The summed E-state index contributed by atoms with van der Waals surface area (Å²) >= 11 is 0. The van der Waals surface area contributed by atoms with Gasteiger partial charge >= 0.3 is 0 Å². The highest BCUT2D eigenvalue weighted by Crippen LogP contribution is 2.23. The first-order chi connectivity index (χ1) is 11.0. The fourth-order valence-corrected chi connectivity index (χ4v) is 4.49. The molecule has 2 unspecified atom stereocenters. The van der Waals surface area contributed by atoms with Crippen molar-refractivity contribution in [2.75, 3.05) is 24.5 Å². The highest BCUT2D eigenvalue weighted by Gasteiger charge is 2.27. The largest absolute Gasteiger partial charge is 0.315 e. The normalized spacial score (nSPS) is 24.7. The van der Waals surface area contributed by atoms with Gasteiger partial charge in [-0.3, -0.25) is 4.79 Å². The van der Waals surface area contributed by atoms with Crippen LogP contribution >= 0.6 is 12.4 Å². The lowest BCUT2D eigenvalue weighted by molar-refractivity contribution is -0.117. The Bertz CT molecular complexity index is 678. The van der Waals surface area contributed by atoms with E-state index in [0.717, 1.165) is 25.1 Å². The van der Waals surface area contributed by atoms with Crippen LogP contribution < -0.4 is 14.9 Å². The van der Waals surface area contributed by atoms with Gasteiger partial charge in [0.1, 0.15) is 0 Å². The summed E-state index contributed by atoms with van der Waals surface area (Å²) in [6.45, 7) is 4.35. The predicted molar refractivity (Wildman–Crippen MR) is 96.0 cm³/mol. The molecule has 2 N–H and O–H groups in total. The molecule has 1 amide bonds. The molecule has 3 rings (SSSR count). The van der Waals surface area contributed by atoms with Crippen LogP contribution in [0.15, 0.2) is 29.2 Å². The van der Waals surface area contributed by atoms with E-state index in [0.29, 0.717) is 25.4 Å². The van der Waals surface area contributed by atoms with E-state index in [9.17, 15) is 13.2 Å². The molecule has 0 saturated carbocycles. The number of amides is 1. The van der Waals surface area contributed by atoms with E-state index in [1.54, 1.807) is 29.2 Å². The van der Waals surface area contributed by atoms with Crippen molar-refractivity contribution in [3.05, 3.63) is 24.3 Å². The van der Waals surface area contributed by atoms with Crippen molar-refractivity contribution in [3.8, 4) is 0 Å². The molecule has 2 aliphatic heterocycles. The summed E-state index contributed by atoms with van der Waals surface area (Å²) in [6.07, 6.45) is 2.38. The van der Waals surface area contributed by atoms with Gasteiger partial charge in [0.2, 0.25) is 15.9 Å². The summed E-state index contributed by atoms with van der Waals surface area (Å²) in [4.78, 5) is 13.7. The van der Waals surface area contributed by atoms with Gasteiger partial charge < -0.3 is 10.2 Å². The number of rotatable bonds is 4. The summed E-state index contributed by atoms with van der Waals surface area (Å²) in [5.41, 5.74) is 0.763. The molecule has 1 aromatic rings. The van der Waals surface area contributed by atoms with Crippen LogP contribution in [0.3, 0.4) is 0 Å². The number of hydrogen-bond donors (Lipinski definition) is 2. The Kier molecular flexibility index (Phi) is 6.25. The Morgan fingerprint density at radius 2 is 1.96 bits per heavy atom. The molecule has 0 bridgehead atoms. The second-order valence-corrected chi connectivity index (χ2v) is 8.05. The monoisotopic (exact) mass is 373 g/mol. The first kappa shape index (κ1) is 19.2. The number of carbonyl (C=O) groups is 1. The van der Waals surface area contributed by atoms with E-state index in [1.807, 2.05) is 0 Å². The van der Waals surface area contributed by atoms with Gasteiger partial charge in [0.25, 0.3) is 0 Å². The first-order valence-electron chi connectivity index (χ1n) is 8.11. The quantitative estimate of drug-likeness (QED) is 0.838. The second kappa shape index (κ2) is 7.82. The van der Waals surface area contributed by atoms with Crippen molar-refractivity contribution in [1.82, 2.24) is 10.0 Å². The van der Waals surface area contributed by atoms with Crippen molar-refractivity contribution in [3.63, 3.8) is 0 Å². The van der Waals surface area contributed by atoms with Crippen LogP contribution in [0.2, 0.25) is 0 Å². The van der Waals surface area contributed by atoms with E-state index in [2.05, 4.69) is 17.0 Å². The fourth-order valence-electron chi connectivity index (χ4n) is 3.14. The van der Waals surface area contributed by atoms with Gasteiger partial charge in [-0.15, -0.1) is 12.4 Å². The molecule has 0 aromatic heterocycles. The van der Waals surface area contributed by atoms with Gasteiger partial charge in [0.05, 0.1) is 4.90 Å². The lowest BCUT2D eigenvalue weighted by Crippen LogP contribution is -2.50. The maximum Gasteiger partial charge on any atom is 0.240 e. The SMILES string of the molecule is CC1CCNCC1NS(=O)(=O)c1ccc(N2CCCC2=O)cc1.Cl. The van der Waals surface area contributed by atoms with Crippen molar-refractivity contribution in [2.45, 2.75) is 37.1 Å². The van der Waals surface area contributed by atoms with Crippen LogP contribution in [0.5, 0.6) is 0 Å².